The fraction of sp³-hybridized carbons (Fsp3) is 0.571. The number of hydrogen-bond donors (Lipinski definition) is 1. The summed E-state index contributed by atoms with van der Waals surface area (Å²) in [4.78, 5) is 16.9. The Morgan fingerprint density at radius 3 is 2.54 bits per heavy atom. The van der Waals surface area contributed by atoms with E-state index in [1.54, 1.807) is 0 Å². The zero-order valence-corrected chi connectivity index (χ0v) is 15.7. The van der Waals surface area contributed by atoms with Gasteiger partial charge in [0, 0.05) is 38.4 Å². The summed E-state index contributed by atoms with van der Waals surface area (Å²) >= 11 is 0. The van der Waals surface area contributed by atoms with Crippen molar-refractivity contribution in [3.8, 4) is 0 Å². The van der Waals surface area contributed by atoms with Crippen molar-refractivity contribution in [2.75, 3.05) is 37.6 Å². The first-order chi connectivity index (χ1) is 12.6. The van der Waals surface area contributed by atoms with Gasteiger partial charge in [0.05, 0.1) is 6.04 Å². The molecule has 142 valence electrons. The largest absolute Gasteiger partial charge is 0.369 e. The fourth-order valence-corrected chi connectivity index (χ4v) is 3.81. The zero-order valence-electron chi connectivity index (χ0n) is 15.7. The minimum atomic E-state index is -0.207. The SMILES string of the molecule is C[C@H](C(=O)NCCC1=CCCCC1)N1CCN(c2ccc(F)cc2)CC1. The van der Waals surface area contributed by atoms with Gasteiger partial charge in [0.1, 0.15) is 5.82 Å². The van der Waals surface area contributed by atoms with Crippen molar-refractivity contribution in [2.24, 2.45) is 0 Å². The van der Waals surface area contributed by atoms with E-state index in [0.717, 1.165) is 44.8 Å². The van der Waals surface area contributed by atoms with Gasteiger partial charge in [-0.2, -0.15) is 0 Å². The maximum Gasteiger partial charge on any atom is 0.237 e. The fourth-order valence-electron chi connectivity index (χ4n) is 3.81. The molecule has 2 aliphatic rings. The summed E-state index contributed by atoms with van der Waals surface area (Å²) in [5.74, 6) is -0.0849. The lowest BCUT2D eigenvalue weighted by atomic mass is 9.97. The molecule has 1 aromatic rings. The number of benzene rings is 1. The number of nitrogens with one attached hydrogen (secondary N) is 1. The topological polar surface area (TPSA) is 35.6 Å². The Balaban J connectivity index is 1.41. The molecule has 1 atom stereocenters. The van der Waals surface area contributed by atoms with Crippen LogP contribution in [0, 0.1) is 5.82 Å². The summed E-state index contributed by atoms with van der Waals surface area (Å²) in [5.41, 5.74) is 2.54. The second-order valence-electron chi connectivity index (χ2n) is 7.32. The molecule has 0 saturated carbocycles. The number of anilines is 1. The van der Waals surface area contributed by atoms with Crippen LogP contribution in [0.3, 0.4) is 0 Å². The number of halogens is 1. The van der Waals surface area contributed by atoms with Gasteiger partial charge in [-0.1, -0.05) is 11.6 Å². The molecule has 4 nitrogen and oxygen atoms in total. The van der Waals surface area contributed by atoms with E-state index in [-0.39, 0.29) is 17.8 Å². The first-order valence-corrected chi connectivity index (χ1v) is 9.83. The van der Waals surface area contributed by atoms with E-state index in [9.17, 15) is 9.18 Å². The molecule has 1 N–H and O–H groups in total. The van der Waals surface area contributed by atoms with Crippen LogP contribution in [0.4, 0.5) is 10.1 Å². The van der Waals surface area contributed by atoms with Crippen molar-refractivity contribution in [2.45, 2.75) is 45.1 Å². The van der Waals surface area contributed by atoms with Crippen molar-refractivity contribution in [3.05, 3.63) is 41.7 Å². The molecule has 0 radical (unpaired) electrons. The van der Waals surface area contributed by atoms with E-state index in [1.807, 2.05) is 19.1 Å². The van der Waals surface area contributed by atoms with Crippen molar-refractivity contribution >= 4 is 11.6 Å². The second-order valence-corrected chi connectivity index (χ2v) is 7.32. The maximum atomic E-state index is 13.1. The molecule has 5 heteroatoms. The minimum absolute atomic E-state index is 0.106. The zero-order chi connectivity index (χ0) is 18.4. The summed E-state index contributed by atoms with van der Waals surface area (Å²) in [6, 6.07) is 6.53. The van der Waals surface area contributed by atoms with Crippen LogP contribution in [0.15, 0.2) is 35.9 Å². The van der Waals surface area contributed by atoms with E-state index in [1.165, 1.54) is 43.4 Å². The van der Waals surface area contributed by atoms with E-state index in [4.69, 9.17) is 0 Å². The third kappa shape index (κ3) is 5.07. The molecule has 0 spiro atoms. The standard InChI is InChI=1S/C21H30FN3O/c1-17(21(26)23-12-11-18-5-3-2-4-6-18)24-13-15-25(16-14-24)20-9-7-19(22)8-10-20/h5,7-10,17H,2-4,6,11-16H2,1H3,(H,23,26)/t17-/m1/s1. The highest BCUT2D eigenvalue weighted by molar-refractivity contribution is 5.81. The van der Waals surface area contributed by atoms with Gasteiger partial charge < -0.3 is 10.2 Å². The first kappa shape index (κ1) is 18.9. The summed E-state index contributed by atoms with van der Waals surface area (Å²) in [6.07, 6.45) is 8.30. The third-order valence-corrected chi connectivity index (χ3v) is 5.56. The number of piperazine rings is 1. The summed E-state index contributed by atoms with van der Waals surface area (Å²) in [7, 11) is 0. The quantitative estimate of drug-likeness (QED) is 0.792. The Hall–Kier alpha value is -1.88. The molecule has 1 heterocycles. The minimum Gasteiger partial charge on any atom is -0.369 e. The summed E-state index contributed by atoms with van der Waals surface area (Å²) < 4.78 is 13.1. The Bertz CT molecular complexity index is 621. The molecule has 1 saturated heterocycles. The lowest BCUT2D eigenvalue weighted by Gasteiger charge is -2.38. The molecular weight excluding hydrogens is 329 g/mol. The van der Waals surface area contributed by atoms with Gasteiger partial charge in [0.25, 0.3) is 0 Å². The first-order valence-electron chi connectivity index (χ1n) is 9.83. The number of hydrogen-bond acceptors (Lipinski definition) is 3. The summed E-state index contributed by atoms with van der Waals surface area (Å²) in [5, 5.41) is 3.10. The van der Waals surface area contributed by atoms with Gasteiger partial charge >= 0.3 is 0 Å². The monoisotopic (exact) mass is 359 g/mol. The smallest absolute Gasteiger partial charge is 0.237 e. The van der Waals surface area contributed by atoms with Gasteiger partial charge in [-0.25, -0.2) is 4.39 Å². The number of allylic oxidation sites excluding steroid dienone is 1. The highest BCUT2D eigenvalue weighted by Gasteiger charge is 2.25. The molecule has 0 unspecified atom stereocenters. The normalized spacial score (nSPS) is 19.8. The van der Waals surface area contributed by atoms with Crippen LogP contribution in [-0.2, 0) is 4.79 Å². The van der Waals surface area contributed by atoms with Crippen molar-refractivity contribution in [1.29, 1.82) is 0 Å². The van der Waals surface area contributed by atoms with Gasteiger partial charge in [0.2, 0.25) is 5.91 Å². The molecule has 0 aromatic heterocycles. The van der Waals surface area contributed by atoms with Gasteiger partial charge in [-0.05, 0) is 63.3 Å². The lowest BCUT2D eigenvalue weighted by molar-refractivity contribution is -0.125. The van der Waals surface area contributed by atoms with E-state index in [0.29, 0.717) is 0 Å². The molecule has 1 aromatic carbocycles. The van der Waals surface area contributed by atoms with Gasteiger partial charge in [-0.3, -0.25) is 9.69 Å². The third-order valence-electron chi connectivity index (χ3n) is 5.56. The van der Waals surface area contributed by atoms with E-state index < -0.39 is 0 Å². The number of nitrogens with zero attached hydrogens (tertiary/aromatic N) is 2. The molecule has 0 bridgehead atoms. The Morgan fingerprint density at radius 1 is 1.15 bits per heavy atom. The number of amides is 1. The highest BCUT2D eigenvalue weighted by Crippen LogP contribution is 2.20. The lowest BCUT2D eigenvalue weighted by Crippen LogP contribution is -2.54. The van der Waals surface area contributed by atoms with Crippen LogP contribution in [0.25, 0.3) is 0 Å². The van der Waals surface area contributed by atoms with Crippen molar-refractivity contribution in [3.63, 3.8) is 0 Å². The number of carbonyl (C=O) groups excluding carboxylic acids is 1. The van der Waals surface area contributed by atoms with Crippen LogP contribution in [-0.4, -0.2) is 49.6 Å². The average molecular weight is 359 g/mol. The maximum absolute atomic E-state index is 13.1. The van der Waals surface area contributed by atoms with E-state index >= 15 is 0 Å². The predicted octanol–water partition coefficient (Wildman–Crippen LogP) is 3.34. The predicted molar refractivity (Wildman–Crippen MR) is 104 cm³/mol. The van der Waals surface area contributed by atoms with Crippen LogP contribution >= 0.6 is 0 Å². The molecule has 3 rings (SSSR count). The highest BCUT2D eigenvalue weighted by atomic mass is 19.1. The van der Waals surface area contributed by atoms with Crippen molar-refractivity contribution < 1.29 is 9.18 Å². The Morgan fingerprint density at radius 2 is 1.88 bits per heavy atom. The van der Waals surface area contributed by atoms with Crippen LogP contribution < -0.4 is 10.2 Å². The number of rotatable bonds is 6. The van der Waals surface area contributed by atoms with E-state index in [2.05, 4.69) is 21.2 Å². The Kier molecular flexibility index (Phi) is 6.67. The molecular formula is C21H30FN3O. The van der Waals surface area contributed by atoms with Crippen LogP contribution in [0.1, 0.15) is 39.0 Å². The molecule has 1 amide bonds. The molecule has 26 heavy (non-hydrogen) atoms. The van der Waals surface area contributed by atoms with Crippen molar-refractivity contribution in [1.82, 2.24) is 10.2 Å². The second kappa shape index (κ2) is 9.17. The average Bonchev–Trinajstić information content (AvgIpc) is 2.69. The summed E-state index contributed by atoms with van der Waals surface area (Å²) in [6.45, 7) is 6.13. The van der Waals surface area contributed by atoms with Gasteiger partial charge in [0.15, 0.2) is 0 Å². The molecule has 1 fully saturated rings. The number of carbonyl (C=O) groups is 1. The Labute approximate surface area is 156 Å². The van der Waals surface area contributed by atoms with Crippen LogP contribution in [0.2, 0.25) is 0 Å². The van der Waals surface area contributed by atoms with Crippen LogP contribution in [0.5, 0.6) is 0 Å². The molecule has 1 aliphatic carbocycles. The molecule has 1 aliphatic heterocycles. The van der Waals surface area contributed by atoms with Gasteiger partial charge in [-0.15, -0.1) is 0 Å².